The van der Waals surface area contributed by atoms with Gasteiger partial charge in [-0.2, -0.15) is 0 Å². The third-order valence-electron chi connectivity index (χ3n) is 1.71. The van der Waals surface area contributed by atoms with Crippen molar-refractivity contribution in [3.63, 3.8) is 0 Å². The average molecular weight is 259 g/mol. The molecule has 0 amide bonds. The van der Waals surface area contributed by atoms with Gasteiger partial charge in [-0.05, 0) is 35.0 Å². The SMILES string of the molecule is CCOc1cc(C=O)c(Br)cc1OC. The Bertz CT molecular complexity index is 336. The number of benzene rings is 1. The molecule has 1 rings (SSSR count). The quantitative estimate of drug-likeness (QED) is 0.780. The lowest BCUT2D eigenvalue weighted by Crippen LogP contribution is -1.97. The number of aldehydes is 1. The first-order valence-corrected chi connectivity index (χ1v) is 4.97. The molecule has 0 saturated heterocycles. The van der Waals surface area contributed by atoms with E-state index in [0.717, 1.165) is 6.29 Å². The lowest BCUT2D eigenvalue weighted by Gasteiger charge is -2.10. The van der Waals surface area contributed by atoms with Gasteiger partial charge in [0.2, 0.25) is 0 Å². The van der Waals surface area contributed by atoms with Gasteiger partial charge in [-0.1, -0.05) is 0 Å². The maximum atomic E-state index is 10.7. The van der Waals surface area contributed by atoms with Crippen molar-refractivity contribution < 1.29 is 14.3 Å². The van der Waals surface area contributed by atoms with Gasteiger partial charge in [0.05, 0.1) is 13.7 Å². The molecule has 1 aromatic rings. The van der Waals surface area contributed by atoms with Crippen LogP contribution < -0.4 is 9.47 Å². The zero-order valence-corrected chi connectivity index (χ0v) is 9.63. The number of methoxy groups -OCH3 is 1. The van der Waals surface area contributed by atoms with Crippen molar-refractivity contribution in [2.75, 3.05) is 13.7 Å². The van der Waals surface area contributed by atoms with Crippen molar-refractivity contribution in [3.8, 4) is 11.5 Å². The second-order valence-electron chi connectivity index (χ2n) is 2.58. The van der Waals surface area contributed by atoms with Gasteiger partial charge in [-0.3, -0.25) is 4.79 Å². The summed E-state index contributed by atoms with van der Waals surface area (Å²) in [5.41, 5.74) is 0.550. The molecule has 0 saturated carbocycles. The van der Waals surface area contributed by atoms with Gasteiger partial charge in [0.1, 0.15) is 0 Å². The second kappa shape index (κ2) is 5.00. The number of hydrogen-bond acceptors (Lipinski definition) is 3. The van der Waals surface area contributed by atoms with E-state index >= 15 is 0 Å². The first kappa shape index (κ1) is 11.0. The fourth-order valence-electron chi connectivity index (χ4n) is 1.07. The number of rotatable bonds is 4. The number of halogens is 1. The molecule has 0 aliphatic carbocycles. The standard InChI is InChI=1S/C10H11BrO3/c1-3-14-10-4-7(6-12)8(11)5-9(10)13-2/h4-6H,3H2,1-2H3. The number of ether oxygens (including phenoxy) is 2. The van der Waals surface area contributed by atoms with Crippen LogP contribution in [0.4, 0.5) is 0 Å². The van der Waals surface area contributed by atoms with E-state index in [2.05, 4.69) is 15.9 Å². The summed E-state index contributed by atoms with van der Waals surface area (Å²) in [5, 5.41) is 0. The summed E-state index contributed by atoms with van der Waals surface area (Å²) in [6.45, 7) is 2.42. The van der Waals surface area contributed by atoms with Gasteiger partial charge in [-0.15, -0.1) is 0 Å². The lowest BCUT2D eigenvalue weighted by molar-refractivity contribution is 0.112. The van der Waals surface area contributed by atoms with Gasteiger partial charge < -0.3 is 9.47 Å². The summed E-state index contributed by atoms with van der Waals surface area (Å²) >= 11 is 3.27. The smallest absolute Gasteiger partial charge is 0.161 e. The molecule has 0 aliphatic heterocycles. The van der Waals surface area contributed by atoms with Crippen LogP contribution in [0.25, 0.3) is 0 Å². The Balaban J connectivity index is 3.17. The van der Waals surface area contributed by atoms with Crippen LogP contribution in [0, 0.1) is 0 Å². The van der Waals surface area contributed by atoms with Crippen LogP contribution >= 0.6 is 15.9 Å². The third-order valence-corrected chi connectivity index (χ3v) is 2.40. The molecule has 0 atom stereocenters. The van der Waals surface area contributed by atoms with E-state index in [0.29, 0.717) is 28.1 Å². The van der Waals surface area contributed by atoms with Crippen molar-refractivity contribution in [3.05, 3.63) is 22.2 Å². The van der Waals surface area contributed by atoms with Crippen LogP contribution in [0.5, 0.6) is 11.5 Å². The fraction of sp³-hybridized carbons (Fsp3) is 0.300. The molecule has 0 unspecified atom stereocenters. The highest BCUT2D eigenvalue weighted by atomic mass is 79.9. The molecule has 0 aromatic heterocycles. The summed E-state index contributed by atoms with van der Waals surface area (Å²) in [6, 6.07) is 3.37. The topological polar surface area (TPSA) is 35.5 Å². The Kier molecular flexibility index (Phi) is 3.95. The fourth-order valence-corrected chi connectivity index (χ4v) is 1.48. The molecular weight excluding hydrogens is 248 g/mol. The second-order valence-corrected chi connectivity index (χ2v) is 3.43. The molecule has 0 aliphatic rings. The highest BCUT2D eigenvalue weighted by Gasteiger charge is 2.08. The molecule has 4 heteroatoms. The summed E-state index contributed by atoms with van der Waals surface area (Å²) in [4.78, 5) is 10.7. The van der Waals surface area contributed by atoms with E-state index in [1.807, 2.05) is 6.92 Å². The van der Waals surface area contributed by atoms with Gasteiger partial charge in [0.15, 0.2) is 17.8 Å². The normalized spacial score (nSPS) is 9.64. The predicted octanol–water partition coefficient (Wildman–Crippen LogP) is 2.67. The minimum atomic E-state index is 0.538. The lowest BCUT2D eigenvalue weighted by atomic mass is 10.2. The van der Waals surface area contributed by atoms with Crippen LogP contribution in [0.2, 0.25) is 0 Å². The molecule has 0 heterocycles. The molecule has 0 N–H and O–H groups in total. The molecule has 76 valence electrons. The van der Waals surface area contributed by atoms with Crippen LogP contribution in [0.1, 0.15) is 17.3 Å². The first-order chi connectivity index (χ1) is 6.72. The molecule has 0 radical (unpaired) electrons. The van der Waals surface area contributed by atoms with Crippen molar-refractivity contribution in [1.82, 2.24) is 0 Å². The van der Waals surface area contributed by atoms with Crippen molar-refractivity contribution in [2.24, 2.45) is 0 Å². The molecular formula is C10H11BrO3. The van der Waals surface area contributed by atoms with Gasteiger partial charge in [0.25, 0.3) is 0 Å². The number of hydrogen-bond donors (Lipinski definition) is 0. The largest absolute Gasteiger partial charge is 0.493 e. The molecule has 3 nitrogen and oxygen atoms in total. The summed E-state index contributed by atoms with van der Waals surface area (Å²) < 4.78 is 11.1. The highest BCUT2D eigenvalue weighted by molar-refractivity contribution is 9.10. The summed E-state index contributed by atoms with van der Waals surface area (Å²) in [6.07, 6.45) is 0.770. The van der Waals surface area contributed by atoms with E-state index < -0.39 is 0 Å². The Hall–Kier alpha value is -1.03. The maximum Gasteiger partial charge on any atom is 0.161 e. The van der Waals surface area contributed by atoms with E-state index in [1.165, 1.54) is 0 Å². The Morgan fingerprint density at radius 1 is 1.43 bits per heavy atom. The number of carbonyl (C=O) groups excluding carboxylic acids is 1. The minimum Gasteiger partial charge on any atom is -0.493 e. The predicted molar refractivity (Wildman–Crippen MR) is 57.3 cm³/mol. The van der Waals surface area contributed by atoms with E-state index in [4.69, 9.17) is 9.47 Å². The Morgan fingerprint density at radius 2 is 2.14 bits per heavy atom. The minimum absolute atomic E-state index is 0.538. The third kappa shape index (κ3) is 2.26. The van der Waals surface area contributed by atoms with Crippen LogP contribution in [0.3, 0.4) is 0 Å². The van der Waals surface area contributed by atoms with Gasteiger partial charge in [0, 0.05) is 10.0 Å². The molecule has 0 fully saturated rings. The maximum absolute atomic E-state index is 10.7. The summed E-state index contributed by atoms with van der Waals surface area (Å²) in [5.74, 6) is 1.20. The Morgan fingerprint density at radius 3 is 2.64 bits per heavy atom. The van der Waals surface area contributed by atoms with Crippen LogP contribution in [0.15, 0.2) is 16.6 Å². The number of carbonyl (C=O) groups is 1. The zero-order valence-electron chi connectivity index (χ0n) is 8.04. The van der Waals surface area contributed by atoms with Crippen molar-refractivity contribution in [1.29, 1.82) is 0 Å². The van der Waals surface area contributed by atoms with E-state index in [1.54, 1.807) is 19.2 Å². The van der Waals surface area contributed by atoms with Gasteiger partial charge in [-0.25, -0.2) is 0 Å². The molecule has 1 aromatic carbocycles. The van der Waals surface area contributed by atoms with E-state index in [-0.39, 0.29) is 0 Å². The van der Waals surface area contributed by atoms with Crippen LogP contribution in [-0.2, 0) is 0 Å². The van der Waals surface area contributed by atoms with Gasteiger partial charge >= 0.3 is 0 Å². The molecule has 0 bridgehead atoms. The molecule has 0 spiro atoms. The monoisotopic (exact) mass is 258 g/mol. The van der Waals surface area contributed by atoms with E-state index in [9.17, 15) is 4.79 Å². The van der Waals surface area contributed by atoms with Crippen LogP contribution in [-0.4, -0.2) is 20.0 Å². The zero-order chi connectivity index (χ0) is 10.6. The van der Waals surface area contributed by atoms with Crippen molar-refractivity contribution >= 4 is 22.2 Å². The Labute approximate surface area is 91.1 Å². The average Bonchev–Trinajstić information content (AvgIpc) is 2.20. The van der Waals surface area contributed by atoms with Crippen molar-refractivity contribution in [2.45, 2.75) is 6.92 Å². The summed E-state index contributed by atoms with van der Waals surface area (Å²) in [7, 11) is 1.56. The first-order valence-electron chi connectivity index (χ1n) is 4.18. The molecule has 14 heavy (non-hydrogen) atoms. The highest BCUT2D eigenvalue weighted by Crippen LogP contribution is 2.32.